The SMILES string of the molecule is CC(Cc1ccc(S(C)(=O)=O)c(F)c1)C(=O)O. The standard InChI is InChI=1S/C11H13FO4S/c1-7(11(13)14)5-8-3-4-10(9(12)6-8)17(2,15)16/h3-4,6-7H,5H2,1-2H3,(H,13,14). The van der Waals surface area contributed by atoms with E-state index in [1.807, 2.05) is 0 Å². The minimum atomic E-state index is -3.59. The highest BCUT2D eigenvalue weighted by atomic mass is 32.2. The molecule has 0 bridgehead atoms. The van der Waals surface area contributed by atoms with Crippen molar-refractivity contribution in [3.8, 4) is 0 Å². The summed E-state index contributed by atoms with van der Waals surface area (Å²) in [5, 5.41) is 8.71. The van der Waals surface area contributed by atoms with E-state index in [4.69, 9.17) is 5.11 Å². The van der Waals surface area contributed by atoms with Crippen molar-refractivity contribution in [3.63, 3.8) is 0 Å². The van der Waals surface area contributed by atoms with Crippen LogP contribution in [0.5, 0.6) is 0 Å². The van der Waals surface area contributed by atoms with Gasteiger partial charge in [-0.15, -0.1) is 0 Å². The molecule has 0 saturated carbocycles. The number of carbonyl (C=O) groups is 1. The molecule has 94 valence electrons. The monoisotopic (exact) mass is 260 g/mol. The molecule has 0 radical (unpaired) electrons. The third-order valence-corrected chi connectivity index (χ3v) is 3.49. The molecule has 0 saturated heterocycles. The first-order valence-corrected chi connectivity index (χ1v) is 6.82. The van der Waals surface area contributed by atoms with Crippen molar-refractivity contribution in [1.29, 1.82) is 0 Å². The first-order chi connectivity index (χ1) is 7.71. The Morgan fingerprint density at radius 3 is 2.47 bits per heavy atom. The van der Waals surface area contributed by atoms with Crippen LogP contribution in [0.4, 0.5) is 4.39 Å². The number of rotatable bonds is 4. The largest absolute Gasteiger partial charge is 0.481 e. The van der Waals surface area contributed by atoms with Gasteiger partial charge in [-0.3, -0.25) is 4.79 Å². The van der Waals surface area contributed by atoms with Crippen molar-refractivity contribution in [1.82, 2.24) is 0 Å². The van der Waals surface area contributed by atoms with Crippen molar-refractivity contribution in [2.24, 2.45) is 5.92 Å². The van der Waals surface area contributed by atoms with Crippen molar-refractivity contribution < 1.29 is 22.7 Å². The van der Waals surface area contributed by atoms with Crippen LogP contribution in [0.2, 0.25) is 0 Å². The van der Waals surface area contributed by atoms with Crippen molar-refractivity contribution in [3.05, 3.63) is 29.6 Å². The second-order valence-electron chi connectivity index (χ2n) is 3.98. The van der Waals surface area contributed by atoms with Crippen molar-refractivity contribution in [2.45, 2.75) is 18.2 Å². The average molecular weight is 260 g/mol. The predicted molar refractivity (Wildman–Crippen MR) is 60.0 cm³/mol. The van der Waals surface area contributed by atoms with Gasteiger partial charge in [-0.1, -0.05) is 13.0 Å². The number of hydrogen-bond donors (Lipinski definition) is 1. The lowest BCUT2D eigenvalue weighted by Crippen LogP contribution is -2.12. The highest BCUT2D eigenvalue weighted by molar-refractivity contribution is 7.90. The summed E-state index contributed by atoms with van der Waals surface area (Å²) in [6.45, 7) is 1.50. The van der Waals surface area contributed by atoms with Gasteiger partial charge in [0.2, 0.25) is 0 Å². The van der Waals surface area contributed by atoms with Gasteiger partial charge in [0.05, 0.1) is 5.92 Å². The van der Waals surface area contributed by atoms with Crippen LogP contribution < -0.4 is 0 Å². The van der Waals surface area contributed by atoms with Crippen molar-refractivity contribution in [2.75, 3.05) is 6.26 Å². The van der Waals surface area contributed by atoms with E-state index in [0.29, 0.717) is 5.56 Å². The number of sulfone groups is 1. The molecule has 6 heteroatoms. The maximum Gasteiger partial charge on any atom is 0.306 e. The third kappa shape index (κ3) is 3.52. The predicted octanol–water partition coefficient (Wildman–Crippen LogP) is 1.49. The molecule has 0 fully saturated rings. The Hall–Kier alpha value is -1.43. The van der Waals surface area contributed by atoms with E-state index in [1.54, 1.807) is 0 Å². The lowest BCUT2D eigenvalue weighted by atomic mass is 10.0. The minimum absolute atomic E-state index is 0.163. The van der Waals surface area contributed by atoms with Gasteiger partial charge in [-0.05, 0) is 24.1 Å². The van der Waals surface area contributed by atoms with Crippen LogP contribution in [-0.2, 0) is 21.1 Å². The number of carboxylic acids is 1. The van der Waals surface area contributed by atoms with Crippen LogP contribution in [0, 0.1) is 11.7 Å². The summed E-state index contributed by atoms with van der Waals surface area (Å²) in [6, 6.07) is 3.66. The highest BCUT2D eigenvalue weighted by Crippen LogP contribution is 2.18. The summed E-state index contributed by atoms with van der Waals surface area (Å²) in [5.41, 5.74) is 0.463. The molecule has 1 N–H and O–H groups in total. The van der Waals surface area contributed by atoms with Crippen LogP contribution in [-0.4, -0.2) is 25.7 Å². The van der Waals surface area contributed by atoms with Crippen LogP contribution in [0.25, 0.3) is 0 Å². The van der Waals surface area contributed by atoms with Gasteiger partial charge in [0, 0.05) is 6.26 Å². The first-order valence-electron chi connectivity index (χ1n) is 4.93. The van der Waals surface area contributed by atoms with Gasteiger partial charge in [-0.2, -0.15) is 0 Å². The average Bonchev–Trinajstić information content (AvgIpc) is 2.15. The molecule has 0 aromatic heterocycles. The minimum Gasteiger partial charge on any atom is -0.481 e. The van der Waals surface area contributed by atoms with Crippen LogP contribution in [0.15, 0.2) is 23.1 Å². The molecule has 1 atom stereocenters. The fraction of sp³-hybridized carbons (Fsp3) is 0.364. The maximum atomic E-state index is 13.5. The quantitative estimate of drug-likeness (QED) is 0.890. The highest BCUT2D eigenvalue weighted by Gasteiger charge is 2.16. The smallest absolute Gasteiger partial charge is 0.306 e. The van der Waals surface area contributed by atoms with E-state index in [0.717, 1.165) is 18.4 Å². The zero-order chi connectivity index (χ0) is 13.2. The van der Waals surface area contributed by atoms with E-state index >= 15 is 0 Å². The van der Waals surface area contributed by atoms with Gasteiger partial charge < -0.3 is 5.11 Å². The van der Waals surface area contributed by atoms with E-state index in [9.17, 15) is 17.6 Å². The number of aliphatic carboxylic acids is 1. The number of benzene rings is 1. The Morgan fingerprint density at radius 1 is 1.47 bits per heavy atom. The van der Waals surface area contributed by atoms with Gasteiger partial charge in [0.15, 0.2) is 9.84 Å². The van der Waals surface area contributed by atoms with Crippen LogP contribution in [0.3, 0.4) is 0 Å². The van der Waals surface area contributed by atoms with Gasteiger partial charge in [-0.25, -0.2) is 12.8 Å². The number of halogens is 1. The maximum absolute atomic E-state index is 13.5. The molecule has 1 aromatic rings. The lowest BCUT2D eigenvalue weighted by molar-refractivity contribution is -0.141. The van der Waals surface area contributed by atoms with E-state index in [2.05, 4.69) is 0 Å². The van der Waals surface area contributed by atoms with E-state index in [-0.39, 0.29) is 11.3 Å². The van der Waals surface area contributed by atoms with Gasteiger partial charge in [0.25, 0.3) is 0 Å². The van der Waals surface area contributed by atoms with Crippen LogP contribution in [0.1, 0.15) is 12.5 Å². The summed E-state index contributed by atoms with van der Waals surface area (Å²) in [7, 11) is -3.59. The molecular weight excluding hydrogens is 247 g/mol. The van der Waals surface area contributed by atoms with Crippen molar-refractivity contribution >= 4 is 15.8 Å². The Kier molecular flexibility index (Phi) is 3.87. The van der Waals surface area contributed by atoms with Crippen LogP contribution >= 0.6 is 0 Å². The number of hydrogen-bond acceptors (Lipinski definition) is 3. The molecule has 0 amide bonds. The summed E-state index contributed by atoms with van der Waals surface area (Å²) in [4.78, 5) is 10.3. The van der Waals surface area contributed by atoms with Gasteiger partial charge >= 0.3 is 5.97 Å². The second-order valence-corrected chi connectivity index (χ2v) is 5.96. The topological polar surface area (TPSA) is 71.4 Å². The molecule has 1 unspecified atom stereocenters. The summed E-state index contributed by atoms with van der Waals surface area (Å²) >= 11 is 0. The zero-order valence-electron chi connectivity index (χ0n) is 9.47. The third-order valence-electron chi connectivity index (χ3n) is 2.36. The summed E-state index contributed by atoms with van der Waals surface area (Å²) in [5.74, 6) is -2.46. The molecule has 0 aliphatic carbocycles. The van der Waals surface area contributed by atoms with E-state index in [1.165, 1.54) is 13.0 Å². The van der Waals surface area contributed by atoms with E-state index < -0.39 is 27.5 Å². The molecular formula is C11H13FO4S. The Labute approximate surface area is 99.0 Å². The summed E-state index contributed by atoms with van der Waals surface area (Å²) < 4.78 is 35.8. The lowest BCUT2D eigenvalue weighted by Gasteiger charge is -2.07. The summed E-state index contributed by atoms with van der Waals surface area (Å²) in [6.07, 6.45) is 1.08. The fourth-order valence-corrected chi connectivity index (χ4v) is 2.14. The molecule has 4 nitrogen and oxygen atoms in total. The molecule has 1 rings (SSSR count). The Bertz CT molecular complexity index is 536. The zero-order valence-corrected chi connectivity index (χ0v) is 10.3. The molecule has 0 spiro atoms. The number of carboxylic acid groups (broad SMARTS) is 1. The molecule has 0 aliphatic rings. The fourth-order valence-electron chi connectivity index (χ4n) is 1.41. The molecule has 0 aliphatic heterocycles. The first kappa shape index (κ1) is 13.6. The molecule has 17 heavy (non-hydrogen) atoms. The normalized spacial score (nSPS) is 13.4. The molecule has 1 aromatic carbocycles. The Balaban J connectivity index is 3.02. The second kappa shape index (κ2) is 4.83. The molecule has 0 heterocycles. The van der Waals surface area contributed by atoms with Gasteiger partial charge in [0.1, 0.15) is 10.7 Å². The Morgan fingerprint density at radius 2 is 2.06 bits per heavy atom.